The Hall–Kier alpha value is -1.19. The fourth-order valence-corrected chi connectivity index (χ4v) is 2.69. The van der Waals surface area contributed by atoms with Crippen molar-refractivity contribution in [2.24, 2.45) is 0 Å². The van der Waals surface area contributed by atoms with Gasteiger partial charge in [-0.15, -0.1) is 11.3 Å². The maximum absolute atomic E-state index is 4.26. The van der Waals surface area contributed by atoms with Crippen LogP contribution < -0.4 is 5.32 Å². The smallest absolute Gasteiger partial charge is 0.0795 e. The first-order valence-electron chi connectivity index (χ1n) is 5.81. The van der Waals surface area contributed by atoms with Gasteiger partial charge in [-0.25, -0.2) is 4.98 Å². The molecule has 0 fully saturated rings. The second-order valence-corrected chi connectivity index (χ2v) is 5.18. The van der Waals surface area contributed by atoms with Crippen molar-refractivity contribution in [3.8, 4) is 0 Å². The van der Waals surface area contributed by atoms with Crippen LogP contribution in [0.15, 0.2) is 23.0 Å². The van der Waals surface area contributed by atoms with Gasteiger partial charge in [-0.05, 0) is 37.5 Å². The number of nitrogens with one attached hydrogen (secondary N) is 1. The average Bonchev–Trinajstić information content (AvgIpc) is 2.74. The van der Waals surface area contributed by atoms with Crippen LogP contribution in [0.1, 0.15) is 27.9 Å². The van der Waals surface area contributed by atoms with Crippen molar-refractivity contribution in [1.29, 1.82) is 0 Å². The van der Waals surface area contributed by atoms with Gasteiger partial charge in [-0.1, -0.05) is 17.7 Å². The molecule has 0 amide bonds. The van der Waals surface area contributed by atoms with Crippen LogP contribution in [-0.2, 0) is 13.1 Å². The minimum absolute atomic E-state index is 0.844. The molecule has 0 spiro atoms. The van der Waals surface area contributed by atoms with Gasteiger partial charge in [-0.3, -0.25) is 0 Å². The Kier molecular flexibility index (Phi) is 3.92. The summed E-state index contributed by atoms with van der Waals surface area (Å²) in [5.41, 5.74) is 8.48. The van der Waals surface area contributed by atoms with Gasteiger partial charge in [0, 0.05) is 18.5 Å². The van der Waals surface area contributed by atoms with Crippen molar-refractivity contribution in [3.05, 3.63) is 51.0 Å². The van der Waals surface area contributed by atoms with Gasteiger partial charge in [0.05, 0.1) is 11.2 Å². The number of hydrogen-bond donors (Lipinski definition) is 1. The van der Waals surface area contributed by atoms with Crippen LogP contribution in [0.4, 0.5) is 0 Å². The summed E-state index contributed by atoms with van der Waals surface area (Å²) < 4.78 is 0. The summed E-state index contributed by atoms with van der Waals surface area (Å²) in [4.78, 5) is 4.26. The highest BCUT2D eigenvalue weighted by Crippen LogP contribution is 2.16. The maximum Gasteiger partial charge on any atom is 0.0795 e. The van der Waals surface area contributed by atoms with Gasteiger partial charge < -0.3 is 5.32 Å². The summed E-state index contributed by atoms with van der Waals surface area (Å²) in [6.45, 7) is 8.26. The van der Waals surface area contributed by atoms with Gasteiger partial charge >= 0.3 is 0 Å². The Morgan fingerprint density at radius 2 is 1.82 bits per heavy atom. The SMILES string of the molecule is Cc1cc(C)c(CNCc2cscn2)c(C)c1. The molecule has 2 nitrogen and oxygen atoms in total. The van der Waals surface area contributed by atoms with E-state index in [0.717, 1.165) is 18.8 Å². The molecule has 0 saturated carbocycles. The van der Waals surface area contributed by atoms with E-state index in [9.17, 15) is 0 Å². The number of aryl methyl sites for hydroxylation is 3. The molecule has 1 heterocycles. The number of hydrogen-bond acceptors (Lipinski definition) is 3. The molecule has 2 aromatic rings. The van der Waals surface area contributed by atoms with E-state index in [1.807, 2.05) is 5.51 Å². The average molecular weight is 246 g/mol. The van der Waals surface area contributed by atoms with Crippen LogP contribution in [0, 0.1) is 20.8 Å². The molecule has 2 rings (SSSR count). The van der Waals surface area contributed by atoms with E-state index < -0.39 is 0 Å². The minimum atomic E-state index is 0.844. The van der Waals surface area contributed by atoms with Gasteiger partial charge in [0.1, 0.15) is 0 Å². The zero-order valence-electron chi connectivity index (χ0n) is 10.6. The van der Waals surface area contributed by atoms with Crippen molar-refractivity contribution in [3.63, 3.8) is 0 Å². The van der Waals surface area contributed by atoms with Crippen LogP contribution in [-0.4, -0.2) is 4.98 Å². The Morgan fingerprint density at radius 1 is 1.12 bits per heavy atom. The molecule has 0 unspecified atom stereocenters. The van der Waals surface area contributed by atoms with Crippen LogP contribution in [0.25, 0.3) is 0 Å². The molecule has 0 aliphatic heterocycles. The zero-order valence-corrected chi connectivity index (χ0v) is 11.4. The van der Waals surface area contributed by atoms with E-state index in [1.54, 1.807) is 11.3 Å². The maximum atomic E-state index is 4.26. The lowest BCUT2D eigenvalue weighted by atomic mass is 10.00. The molecule has 1 aromatic heterocycles. The largest absolute Gasteiger partial charge is 0.307 e. The van der Waals surface area contributed by atoms with Gasteiger partial charge in [0.2, 0.25) is 0 Å². The molecule has 0 bridgehead atoms. The summed E-state index contributed by atoms with van der Waals surface area (Å²) in [6.07, 6.45) is 0. The quantitative estimate of drug-likeness (QED) is 0.894. The summed E-state index contributed by atoms with van der Waals surface area (Å²) in [6, 6.07) is 4.49. The first kappa shape index (κ1) is 12.3. The topological polar surface area (TPSA) is 24.9 Å². The Bertz CT molecular complexity index is 466. The number of thiazole rings is 1. The van der Waals surface area contributed by atoms with Crippen molar-refractivity contribution in [2.45, 2.75) is 33.9 Å². The fourth-order valence-electron chi connectivity index (χ4n) is 2.13. The summed E-state index contributed by atoms with van der Waals surface area (Å²) in [5.74, 6) is 0. The van der Waals surface area contributed by atoms with E-state index in [1.165, 1.54) is 22.3 Å². The number of nitrogens with zero attached hydrogens (tertiary/aromatic N) is 1. The molecule has 17 heavy (non-hydrogen) atoms. The predicted octanol–water partition coefficient (Wildman–Crippen LogP) is 3.36. The number of rotatable bonds is 4. The Balaban J connectivity index is 1.99. The van der Waals surface area contributed by atoms with Crippen LogP contribution in [0.5, 0.6) is 0 Å². The third-order valence-corrected chi connectivity index (χ3v) is 3.57. The molecule has 0 aliphatic rings. The second-order valence-electron chi connectivity index (χ2n) is 4.46. The highest BCUT2D eigenvalue weighted by Gasteiger charge is 2.03. The molecule has 3 heteroatoms. The lowest BCUT2D eigenvalue weighted by Crippen LogP contribution is -2.14. The summed E-state index contributed by atoms with van der Waals surface area (Å²) in [5, 5.41) is 5.53. The Labute approximate surface area is 107 Å². The predicted molar refractivity (Wildman–Crippen MR) is 73.3 cm³/mol. The molecular formula is C14H18N2S. The first-order valence-corrected chi connectivity index (χ1v) is 6.75. The van der Waals surface area contributed by atoms with E-state index in [0.29, 0.717) is 0 Å². The highest BCUT2D eigenvalue weighted by atomic mass is 32.1. The van der Waals surface area contributed by atoms with E-state index >= 15 is 0 Å². The second kappa shape index (κ2) is 5.43. The Morgan fingerprint density at radius 3 is 2.41 bits per heavy atom. The van der Waals surface area contributed by atoms with E-state index in [-0.39, 0.29) is 0 Å². The van der Waals surface area contributed by atoms with Gasteiger partial charge in [0.15, 0.2) is 0 Å². The third kappa shape index (κ3) is 3.14. The van der Waals surface area contributed by atoms with Crippen molar-refractivity contribution < 1.29 is 0 Å². The van der Waals surface area contributed by atoms with Crippen LogP contribution >= 0.6 is 11.3 Å². The molecule has 0 saturated heterocycles. The molecular weight excluding hydrogens is 228 g/mol. The van der Waals surface area contributed by atoms with Crippen molar-refractivity contribution in [1.82, 2.24) is 10.3 Å². The lowest BCUT2D eigenvalue weighted by Gasteiger charge is -2.11. The molecule has 0 radical (unpaired) electrons. The monoisotopic (exact) mass is 246 g/mol. The van der Waals surface area contributed by atoms with Crippen LogP contribution in [0.2, 0.25) is 0 Å². The van der Waals surface area contributed by atoms with Crippen molar-refractivity contribution in [2.75, 3.05) is 0 Å². The van der Waals surface area contributed by atoms with E-state index in [2.05, 4.69) is 48.6 Å². The highest BCUT2D eigenvalue weighted by molar-refractivity contribution is 7.07. The first-order chi connectivity index (χ1) is 8.16. The lowest BCUT2D eigenvalue weighted by molar-refractivity contribution is 0.677. The fraction of sp³-hybridized carbons (Fsp3) is 0.357. The van der Waals surface area contributed by atoms with Gasteiger partial charge in [-0.2, -0.15) is 0 Å². The number of benzene rings is 1. The normalized spacial score (nSPS) is 10.8. The molecule has 90 valence electrons. The molecule has 1 aromatic carbocycles. The van der Waals surface area contributed by atoms with Gasteiger partial charge in [0.25, 0.3) is 0 Å². The summed E-state index contributed by atoms with van der Waals surface area (Å²) in [7, 11) is 0. The minimum Gasteiger partial charge on any atom is -0.307 e. The molecule has 1 N–H and O–H groups in total. The van der Waals surface area contributed by atoms with Crippen molar-refractivity contribution >= 4 is 11.3 Å². The standard InChI is InChI=1S/C14H18N2S/c1-10-4-11(2)14(12(3)5-10)7-15-6-13-8-17-9-16-13/h4-5,8-9,15H,6-7H2,1-3H3. The molecule has 0 aliphatic carbocycles. The number of aromatic nitrogens is 1. The van der Waals surface area contributed by atoms with Crippen LogP contribution in [0.3, 0.4) is 0 Å². The molecule has 0 atom stereocenters. The summed E-state index contributed by atoms with van der Waals surface area (Å²) >= 11 is 1.64. The zero-order chi connectivity index (χ0) is 12.3. The van der Waals surface area contributed by atoms with E-state index in [4.69, 9.17) is 0 Å². The third-order valence-electron chi connectivity index (χ3n) is 2.93.